The van der Waals surface area contributed by atoms with Crippen LogP contribution in [0.25, 0.3) is 0 Å². The molecule has 2 rings (SSSR count). The monoisotopic (exact) mass is 214 g/mol. The predicted octanol–water partition coefficient (Wildman–Crippen LogP) is 2.81. The molecule has 1 aliphatic rings. The van der Waals surface area contributed by atoms with Crippen LogP contribution in [0, 0.1) is 17.2 Å². The number of hydrogen-bond donors (Lipinski definition) is 0. The molecule has 0 aromatic heterocycles. The molecule has 0 bridgehead atoms. The lowest BCUT2D eigenvalue weighted by atomic mass is 9.94. The second-order valence-corrected chi connectivity index (χ2v) is 4.74. The zero-order valence-corrected chi connectivity index (χ0v) is 9.76. The van der Waals surface area contributed by atoms with Crippen LogP contribution in [0.3, 0.4) is 0 Å². The van der Waals surface area contributed by atoms with Crippen molar-refractivity contribution in [2.75, 3.05) is 6.54 Å². The first-order valence-corrected chi connectivity index (χ1v) is 5.97. The van der Waals surface area contributed by atoms with Crippen molar-refractivity contribution in [3.8, 4) is 6.07 Å². The molecule has 1 aromatic carbocycles. The van der Waals surface area contributed by atoms with E-state index < -0.39 is 0 Å². The molecule has 0 saturated carbocycles. The highest BCUT2D eigenvalue weighted by Gasteiger charge is 2.25. The zero-order chi connectivity index (χ0) is 11.4. The van der Waals surface area contributed by atoms with Crippen LogP contribution in [0.15, 0.2) is 30.3 Å². The van der Waals surface area contributed by atoms with Crippen molar-refractivity contribution in [1.82, 2.24) is 4.90 Å². The van der Waals surface area contributed by atoms with E-state index in [9.17, 15) is 0 Å². The molecule has 0 spiro atoms. The Bertz CT molecular complexity index is 366. The van der Waals surface area contributed by atoms with Gasteiger partial charge in [0.2, 0.25) is 0 Å². The van der Waals surface area contributed by atoms with Crippen LogP contribution in [0.2, 0.25) is 0 Å². The molecule has 0 amide bonds. The van der Waals surface area contributed by atoms with Gasteiger partial charge in [-0.05, 0) is 24.3 Å². The molecule has 84 valence electrons. The summed E-state index contributed by atoms with van der Waals surface area (Å²) in [5.74, 6) is 0.716. The number of nitrogens with zero attached hydrogens (tertiary/aromatic N) is 2. The minimum absolute atomic E-state index is 0.108. The highest BCUT2D eigenvalue weighted by atomic mass is 15.2. The fourth-order valence-electron chi connectivity index (χ4n) is 2.38. The van der Waals surface area contributed by atoms with Gasteiger partial charge < -0.3 is 0 Å². The minimum Gasteiger partial charge on any atom is -0.283 e. The van der Waals surface area contributed by atoms with Crippen LogP contribution < -0.4 is 0 Å². The van der Waals surface area contributed by atoms with Crippen LogP contribution in [0.5, 0.6) is 0 Å². The number of nitriles is 1. The summed E-state index contributed by atoms with van der Waals surface area (Å²) in [7, 11) is 0. The van der Waals surface area contributed by atoms with Gasteiger partial charge in [0.1, 0.15) is 0 Å². The van der Waals surface area contributed by atoms with Crippen molar-refractivity contribution in [2.24, 2.45) is 5.92 Å². The molecule has 0 N–H and O–H groups in total. The number of likely N-dealkylation sites (tertiary alicyclic amines) is 1. The van der Waals surface area contributed by atoms with Gasteiger partial charge in [0, 0.05) is 13.1 Å². The Hall–Kier alpha value is -1.33. The van der Waals surface area contributed by atoms with Crippen LogP contribution in [-0.4, -0.2) is 17.5 Å². The van der Waals surface area contributed by atoms with Crippen LogP contribution in [0.1, 0.15) is 25.3 Å². The topological polar surface area (TPSA) is 27.0 Å². The average molecular weight is 214 g/mol. The highest BCUT2D eigenvalue weighted by Crippen LogP contribution is 2.22. The summed E-state index contributed by atoms with van der Waals surface area (Å²) in [6.45, 7) is 4.22. The van der Waals surface area contributed by atoms with E-state index in [0.29, 0.717) is 5.92 Å². The van der Waals surface area contributed by atoms with Crippen molar-refractivity contribution in [3.63, 3.8) is 0 Å². The van der Waals surface area contributed by atoms with Crippen molar-refractivity contribution < 1.29 is 0 Å². The molecule has 2 nitrogen and oxygen atoms in total. The van der Waals surface area contributed by atoms with Crippen LogP contribution in [-0.2, 0) is 6.54 Å². The maximum absolute atomic E-state index is 9.13. The molecular weight excluding hydrogens is 196 g/mol. The fourth-order valence-corrected chi connectivity index (χ4v) is 2.38. The summed E-state index contributed by atoms with van der Waals surface area (Å²) in [6, 6.07) is 12.9. The van der Waals surface area contributed by atoms with Crippen molar-refractivity contribution in [1.29, 1.82) is 5.26 Å². The van der Waals surface area contributed by atoms with Crippen LogP contribution in [0.4, 0.5) is 0 Å². The van der Waals surface area contributed by atoms with E-state index in [2.05, 4.69) is 42.2 Å². The van der Waals surface area contributed by atoms with E-state index in [-0.39, 0.29) is 6.04 Å². The second kappa shape index (κ2) is 5.14. The van der Waals surface area contributed by atoms with Gasteiger partial charge in [-0.15, -0.1) is 0 Å². The lowest BCUT2D eigenvalue weighted by Gasteiger charge is -2.34. The van der Waals surface area contributed by atoms with Crippen molar-refractivity contribution in [3.05, 3.63) is 35.9 Å². The normalized spacial score (nSPS) is 26.2. The van der Waals surface area contributed by atoms with Gasteiger partial charge in [0.25, 0.3) is 0 Å². The Morgan fingerprint density at radius 2 is 2.06 bits per heavy atom. The molecule has 0 aliphatic carbocycles. The Balaban J connectivity index is 2.04. The first-order chi connectivity index (χ1) is 7.79. The average Bonchev–Trinajstić information content (AvgIpc) is 2.31. The predicted molar refractivity (Wildman–Crippen MR) is 64.7 cm³/mol. The summed E-state index contributed by atoms with van der Waals surface area (Å²) >= 11 is 0. The number of benzene rings is 1. The third-order valence-corrected chi connectivity index (χ3v) is 3.30. The van der Waals surface area contributed by atoms with E-state index in [1.807, 2.05) is 6.07 Å². The quantitative estimate of drug-likeness (QED) is 0.757. The van der Waals surface area contributed by atoms with E-state index in [4.69, 9.17) is 5.26 Å². The first kappa shape index (κ1) is 11.2. The third kappa shape index (κ3) is 2.62. The lowest BCUT2D eigenvalue weighted by molar-refractivity contribution is 0.138. The molecular formula is C14H18N2. The van der Waals surface area contributed by atoms with E-state index in [1.54, 1.807) is 0 Å². The molecule has 1 aliphatic heterocycles. The first-order valence-electron chi connectivity index (χ1n) is 5.97. The fraction of sp³-hybridized carbons (Fsp3) is 0.500. The number of hydrogen-bond acceptors (Lipinski definition) is 2. The maximum Gasteiger partial charge on any atom is 0.0980 e. The Kier molecular flexibility index (Phi) is 3.58. The Morgan fingerprint density at radius 3 is 2.75 bits per heavy atom. The van der Waals surface area contributed by atoms with E-state index >= 15 is 0 Å². The van der Waals surface area contributed by atoms with Gasteiger partial charge >= 0.3 is 0 Å². The standard InChI is InChI=1S/C14H18N2/c1-12-7-8-14(9-15)16(10-12)11-13-5-3-2-4-6-13/h2-6,12,14H,7-8,10-11H2,1H3. The zero-order valence-electron chi connectivity index (χ0n) is 9.76. The van der Waals surface area contributed by atoms with Gasteiger partial charge in [-0.3, -0.25) is 4.90 Å². The summed E-state index contributed by atoms with van der Waals surface area (Å²) in [5.41, 5.74) is 1.30. The SMILES string of the molecule is CC1CCC(C#N)N(Cc2ccccc2)C1. The smallest absolute Gasteiger partial charge is 0.0980 e. The molecule has 1 aromatic rings. The molecule has 2 atom stereocenters. The molecule has 0 radical (unpaired) electrons. The lowest BCUT2D eigenvalue weighted by Crippen LogP contribution is -2.41. The van der Waals surface area contributed by atoms with Crippen molar-refractivity contribution >= 4 is 0 Å². The Labute approximate surface area is 97.5 Å². The van der Waals surface area contributed by atoms with Crippen LogP contribution >= 0.6 is 0 Å². The molecule has 2 unspecified atom stereocenters. The summed E-state index contributed by atoms with van der Waals surface area (Å²) in [5, 5.41) is 9.13. The largest absolute Gasteiger partial charge is 0.283 e. The molecule has 2 heteroatoms. The maximum atomic E-state index is 9.13. The van der Waals surface area contributed by atoms with Gasteiger partial charge in [0.15, 0.2) is 0 Å². The van der Waals surface area contributed by atoms with Gasteiger partial charge in [-0.2, -0.15) is 5.26 Å². The number of piperidine rings is 1. The summed E-state index contributed by atoms with van der Waals surface area (Å²) in [4.78, 5) is 2.31. The number of rotatable bonds is 2. The van der Waals surface area contributed by atoms with Gasteiger partial charge in [-0.1, -0.05) is 37.3 Å². The van der Waals surface area contributed by atoms with E-state index in [0.717, 1.165) is 19.5 Å². The van der Waals surface area contributed by atoms with E-state index in [1.165, 1.54) is 12.0 Å². The molecule has 1 heterocycles. The summed E-state index contributed by atoms with van der Waals surface area (Å²) in [6.07, 6.45) is 2.20. The summed E-state index contributed by atoms with van der Waals surface area (Å²) < 4.78 is 0. The molecule has 1 fully saturated rings. The molecule has 1 saturated heterocycles. The Morgan fingerprint density at radius 1 is 1.31 bits per heavy atom. The third-order valence-electron chi connectivity index (χ3n) is 3.30. The van der Waals surface area contributed by atoms with Crippen molar-refractivity contribution in [2.45, 2.75) is 32.4 Å². The van der Waals surface area contributed by atoms with Gasteiger partial charge in [0.05, 0.1) is 12.1 Å². The molecule has 16 heavy (non-hydrogen) atoms. The second-order valence-electron chi connectivity index (χ2n) is 4.74. The van der Waals surface area contributed by atoms with Gasteiger partial charge in [-0.25, -0.2) is 0 Å². The minimum atomic E-state index is 0.108. The highest BCUT2D eigenvalue weighted by molar-refractivity contribution is 5.15.